The van der Waals surface area contributed by atoms with E-state index >= 15 is 0 Å². The standard InChI is InChI=1S/C13H28N2O/c1-3-15(4-2)9-6-5-8-14-11-13-7-10-16-12-13/h13-14H,3-12H2,1-2H3. The van der Waals surface area contributed by atoms with Gasteiger partial charge in [0.2, 0.25) is 0 Å². The highest BCUT2D eigenvalue weighted by Gasteiger charge is 2.14. The van der Waals surface area contributed by atoms with E-state index < -0.39 is 0 Å². The first-order valence-corrected chi connectivity index (χ1v) is 6.87. The van der Waals surface area contributed by atoms with Crippen LogP contribution in [0.2, 0.25) is 0 Å². The third kappa shape index (κ3) is 5.83. The zero-order chi connectivity index (χ0) is 11.6. The zero-order valence-corrected chi connectivity index (χ0v) is 11.0. The molecule has 96 valence electrons. The van der Waals surface area contributed by atoms with Crippen molar-refractivity contribution >= 4 is 0 Å². The Morgan fingerprint density at radius 2 is 2.06 bits per heavy atom. The van der Waals surface area contributed by atoms with Gasteiger partial charge in [0, 0.05) is 13.2 Å². The minimum Gasteiger partial charge on any atom is -0.381 e. The summed E-state index contributed by atoms with van der Waals surface area (Å²) in [4.78, 5) is 2.49. The van der Waals surface area contributed by atoms with Crippen LogP contribution in [0.15, 0.2) is 0 Å². The minimum atomic E-state index is 0.766. The first-order chi connectivity index (χ1) is 7.86. The number of hydrogen-bond donors (Lipinski definition) is 1. The lowest BCUT2D eigenvalue weighted by Gasteiger charge is -2.17. The summed E-state index contributed by atoms with van der Waals surface area (Å²) in [5.74, 6) is 0.766. The summed E-state index contributed by atoms with van der Waals surface area (Å²) in [5.41, 5.74) is 0. The lowest BCUT2D eigenvalue weighted by atomic mass is 10.1. The van der Waals surface area contributed by atoms with Gasteiger partial charge in [0.15, 0.2) is 0 Å². The van der Waals surface area contributed by atoms with Crippen LogP contribution < -0.4 is 5.32 Å². The quantitative estimate of drug-likeness (QED) is 0.608. The number of nitrogens with one attached hydrogen (secondary N) is 1. The van der Waals surface area contributed by atoms with Crippen molar-refractivity contribution in [2.24, 2.45) is 5.92 Å². The van der Waals surface area contributed by atoms with Crippen LogP contribution in [0.5, 0.6) is 0 Å². The van der Waals surface area contributed by atoms with Crippen LogP contribution in [0.25, 0.3) is 0 Å². The zero-order valence-electron chi connectivity index (χ0n) is 11.0. The van der Waals surface area contributed by atoms with Crippen LogP contribution in [0.4, 0.5) is 0 Å². The van der Waals surface area contributed by atoms with E-state index in [1.165, 1.54) is 38.9 Å². The maximum atomic E-state index is 5.35. The van der Waals surface area contributed by atoms with E-state index in [9.17, 15) is 0 Å². The molecule has 1 aliphatic rings. The highest BCUT2D eigenvalue weighted by Crippen LogP contribution is 2.10. The molecule has 0 aromatic carbocycles. The van der Waals surface area contributed by atoms with Gasteiger partial charge in [0.1, 0.15) is 0 Å². The van der Waals surface area contributed by atoms with Crippen molar-refractivity contribution in [1.82, 2.24) is 10.2 Å². The molecular formula is C13H28N2O. The SMILES string of the molecule is CCN(CC)CCCCNCC1CCOC1. The molecule has 1 N–H and O–H groups in total. The molecule has 0 spiro atoms. The van der Waals surface area contributed by atoms with Crippen molar-refractivity contribution in [3.05, 3.63) is 0 Å². The molecule has 1 rings (SSSR count). The molecule has 1 heterocycles. The van der Waals surface area contributed by atoms with Crippen LogP contribution in [-0.4, -0.2) is 50.8 Å². The van der Waals surface area contributed by atoms with Gasteiger partial charge in [0.25, 0.3) is 0 Å². The van der Waals surface area contributed by atoms with Crippen molar-refractivity contribution < 1.29 is 4.74 Å². The molecule has 0 saturated carbocycles. The van der Waals surface area contributed by atoms with Crippen molar-refractivity contribution in [3.8, 4) is 0 Å². The van der Waals surface area contributed by atoms with Crippen LogP contribution in [0.3, 0.4) is 0 Å². The topological polar surface area (TPSA) is 24.5 Å². The first kappa shape index (κ1) is 13.9. The Bertz CT molecular complexity index is 148. The first-order valence-electron chi connectivity index (χ1n) is 6.87. The van der Waals surface area contributed by atoms with E-state index in [1.807, 2.05) is 0 Å². The van der Waals surface area contributed by atoms with Crippen LogP contribution in [0.1, 0.15) is 33.1 Å². The lowest BCUT2D eigenvalue weighted by Crippen LogP contribution is -2.26. The van der Waals surface area contributed by atoms with E-state index in [-0.39, 0.29) is 0 Å². The molecule has 0 aromatic rings. The second-order valence-corrected chi connectivity index (χ2v) is 4.67. The normalized spacial score (nSPS) is 20.8. The number of ether oxygens (including phenoxy) is 1. The summed E-state index contributed by atoms with van der Waals surface area (Å²) < 4.78 is 5.35. The summed E-state index contributed by atoms with van der Waals surface area (Å²) in [7, 11) is 0. The molecule has 1 unspecified atom stereocenters. The lowest BCUT2D eigenvalue weighted by molar-refractivity contribution is 0.185. The molecular weight excluding hydrogens is 200 g/mol. The van der Waals surface area contributed by atoms with Gasteiger partial charge in [-0.05, 0) is 51.4 Å². The third-order valence-electron chi connectivity index (χ3n) is 3.43. The van der Waals surface area contributed by atoms with Crippen LogP contribution >= 0.6 is 0 Å². The van der Waals surface area contributed by atoms with Gasteiger partial charge in [-0.15, -0.1) is 0 Å². The minimum absolute atomic E-state index is 0.766. The Morgan fingerprint density at radius 1 is 1.25 bits per heavy atom. The number of hydrogen-bond acceptors (Lipinski definition) is 3. The summed E-state index contributed by atoms with van der Waals surface area (Å²) in [6, 6.07) is 0. The fourth-order valence-corrected chi connectivity index (χ4v) is 2.18. The van der Waals surface area contributed by atoms with E-state index in [0.717, 1.165) is 32.2 Å². The third-order valence-corrected chi connectivity index (χ3v) is 3.43. The fraction of sp³-hybridized carbons (Fsp3) is 1.00. The van der Waals surface area contributed by atoms with Crippen LogP contribution in [0, 0.1) is 5.92 Å². The fourth-order valence-electron chi connectivity index (χ4n) is 2.18. The van der Waals surface area contributed by atoms with Gasteiger partial charge >= 0.3 is 0 Å². The van der Waals surface area contributed by atoms with E-state index in [0.29, 0.717) is 0 Å². The summed E-state index contributed by atoms with van der Waals surface area (Å²) in [6.45, 7) is 12.3. The largest absolute Gasteiger partial charge is 0.381 e. The average Bonchev–Trinajstić information content (AvgIpc) is 2.81. The Labute approximate surface area is 101 Å². The number of nitrogens with zero attached hydrogens (tertiary/aromatic N) is 1. The maximum Gasteiger partial charge on any atom is 0.0507 e. The van der Waals surface area contributed by atoms with E-state index in [1.54, 1.807) is 0 Å². The molecule has 1 saturated heterocycles. The van der Waals surface area contributed by atoms with Gasteiger partial charge in [-0.2, -0.15) is 0 Å². The smallest absolute Gasteiger partial charge is 0.0507 e. The maximum absolute atomic E-state index is 5.35. The monoisotopic (exact) mass is 228 g/mol. The van der Waals surface area contributed by atoms with Gasteiger partial charge in [-0.3, -0.25) is 0 Å². The van der Waals surface area contributed by atoms with Crippen molar-refractivity contribution in [3.63, 3.8) is 0 Å². The molecule has 1 atom stereocenters. The molecule has 0 aliphatic carbocycles. The molecule has 1 aliphatic heterocycles. The number of rotatable bonds is 9. The average molecular weight is 228 g/mol. The highest BCUT2D eigenvalue weighted by atomic mass is 16.5. The Hall–Kier alpha value is -0.120. The van der Waals surface area contributed by atoms with E-state index in [4.69, 9.17) is 4.74 Å². The summed E-state index contributed by atoms with van der Waals surface area (Å²) >= 11 is 0. The van der Waals surface area contributed by atoms with Gasteiger partial charge in [-0.1, -0.05) is 13.8 Å². The van der Waals surface area contributed by atoms with Crippen molar-refractivity contribution in [1.29, 1.82) is 0 Å². The van der Waals surface area contributed by atoms with Crippen LogP contribution in [-0.2, 0) is 4.74 Å². The summed E-state index contributed by atoms with van der Waals surface area (Å²) in [5, 5.41) is 3.54. The number of unbranched alkanes of at least 4 members (excludes halogenated alkanes) is 1. The Kier molecular flexibility index (Phi) is 7.81. The molecule has 0 aromatic heterocycles. The van der Waals surface area contributed by atoms with Gasteiger partial charge in [-0.25, -0.2) is 0 Å². The van der Waals surface area contributed by atoms with Gasteiger partial charge < -0.3 is 15.0 Å². The molecule has 16 heavy (non-hydrogen) atoms. The second-order valence-electron chi connectivity index (χ2n) is 4.67. The van der Waals surface area contributed by atoms with Crippen molar-refractivity contribution in [2.75, 3.05) is 45.9 Å². The van der Waals surface area contributed by atoms with Gasteiger partial charge in [0.05, 0.1) is 6.61 Å². The molecule has 3 heteroatoms. The van der Waals surface area contributed by atoms with Crippen molar-refractivity contribution in [2.45, 2.75) is 33.1 Å². The molecule has 3 nitrogen and oxygen atoms in total. The summed E-state index contributed by atoms with van der Waals surface area (Å²) in [6.07, 6.45) is 3.85. The highest BCUT2D eigenvalue weighted by molar-refractivity contribution is 4.66. The second kappa shape index (κ2) is 8.97. The molecule has 1 fully saturated rings. The van der Waals surface area contributed by atoms with E-state index in [2.05, 4.69) is 24.1 Å². The predicted octanol–water partition coefficient (Wildman–Crippen LogP) is 1.73. The molecule has 0 bridgehead atoms. The Morgan fingerprint density at radius 3 is 2.69 bits per heavy atom. The molecule has 0 radical (unpaired) electrons. The predicted molar refractivity (Wildman–Crippen MR) is 68.8 cm³/mol. The molecule has 0 amide bonds. The Balaban J connectivity index is 1.84.